The van der Waals surface area contributed by atoms with Crippen molar-refractivity contribution in [2.75, 3.05) is 11.6 Å². The topological polar surface area (TPSA) is 76.1 Å². The molecule has 1 aromatic heterocycles. The molecule has 0 saturated carbocycles. The quantitative estimate of drug-likeness (QED) is 0.923. The van der Waals surface area contributed by atoms with Crippen molar-refractivity contribution < 1.29 is 13.2 Å². The molecule has 0 bridgehead atoms. The number of anilines is 1. The summed E-state index contributed by atoms with van der Waals surface area (Å²) in [4.78, 5) is 18.2. The number of carbonyl (C=O) groups is 1. The summed E-state index contributed by atoms with van der Waals surface area (Å²) in [5, 5.41) is 3.36. The molecule has 3 rings (SSSR count). The highest BCUT2D eigenvalue weighted by Gasteiger charge is 2.21. The van der Waals surface area contributed by atoms with E-state index in [-0.39, 0.29) is 10.8 Å². The molecule has 1 unspecified atom stereocenters. The molecule has 1 heterocycles. The molecule has 122 valence electrons. The fourth-order valence-electron chi connectivity index (χ4n) is 2.63. The lowest BCUT2D eigenvalue weighted by Crippen LogP contribution is -2.12. The minimum absolute atomic E-state index is 0.136. The highest BCUT2D eigenvalue weighted by atomic mass is 32.2. The van der Waals surface area contributed by atoms with Gasteiger partial charge in [0.15, 0.2) is 15.0 Å². The second-order valence-electron chi connectivity index (χ2n) is 5.99. The molecule has 1 amide bonds. The molecule has 5 nitrogen and oxygen atoms in total. The first-order valence-corrected chi connectivity index (χ1v) is 10.1. The number of aromatic nitrogens is 1. The first kappa shape index (κ1) is 16.1. The van der Waals surface area contributed by atoms with Crippen LogP contribution in [0.3, 0.4) is 0 Å². The lowest BCUT2D eigenvalue weighted by atomic mass is 9.93. The summed E-state index contributed by atoms with van der Waals surface area (Å²) in [7, 11) is -3.33. The molecule has 0 fully saturated rings. The third-order valence-electron chi connectivity index (χ3n) is 3.93. The van der Waals surface area contributed by atoms with Crippen LogP contribution in [-0.4, -0.2) is 25.6 Å². The molecule has 23 heavy (non-hydrogen) atoms. The predicted octanol–water partition coefficient (Wildman–Crippen LogP) is 2.92. The fraction of sp³-hybridized carbons (Fsp3) is 0.375. The highest BCUT2D eigenvalue weighted by molar-refractivity contribution is 7.90. The van der Waals surface area contributed by atoms with E-state index in [0.29, 0.717) is 16.6 Å². The maximum Gasteiger partial charge on any atom is 0.257 e. The van der Waals surface area contributed by atoms with Gasteiger partial charge in [-0.25, -0.2) is 13.4 Å². The monoisotopic (exact) mass is 350 g/mol. The zero-order valence-corrected chi connectivity index (χ0v) is 14.6. The Morgan fingerprint density at radius 2 is 2.17 bits per heavy atom. The van der Waals surface area contributed by atoms with Gasteiger partial charge < -0.3 is 0 Å². The van der Waals surface area contributed by atoms with Crippen LogP contribution in [0.1, 0.15) is 34.3 Å². The summed E-state index contributed by atoms with van der Waals surface area (Å²) < 4.78 is 23.2. The van der Waals surface area contributed by atoms with Crippen LogP contribution in [0.25, 0.3) is 0 Å². The van der Waals surface area contributed by atoms with Crippen molar-refractivity contribution in [2.24, 2.45) is 5.92 Å². The number of sulfone groups is 1. The van der Waals surface area contributed by atoms with Crippen molar-refractivity contribution in [2.45, 2.75) is 31.1 Å². The molecule has 1 atom stereocenters. The van der Waals surface area contributed by atoms with Gasteiger partial charge in [-0.05, 0) is 43.4 Å². The Morgan fingerprint density at radius 3 is 2.91 bits per heavy atom. The molecule has 2 aromatic rings. The van der Waals surface area contributed by atoms with E-state index in [2.05, 4.69) is 17.2 Å². The number of amides is 1. The van der Waals surface area contributed by atoms with E-state index in [4.69, 9.17) is 0 Å². The fourth-order valence-corrected chi connectivity index (χ4v) is 4.46. The van der Waals surface area contributed by atoms with Gasteiger partial charge >= 0.3 is 0 Å². The number of hydrogen-bond donors (Lipinski definition) is 1. The van der Waals surface area contributed by atoms with Crippen LogP contribution >= 0.6 is 11.3 Å². The summed E-state index contributed by atoms with van der Waals surface area (Å²) in [6.07, 6.45) is 4.21. The number of thiazole rings is 1. The van der Waals surface area contributed by atoms with E-state index >= 15 is 0 Å². The minimum Gasteiger partial charge on any atom is -0.298 e. The number of carbonyl (C=O) groups excluding carboxylic acids is 1. The minimum atomic E-state index is -3.33. The van der Waals surface area contributed by atoms with Gasteiger partial charge in [0.05, 0.1) is 10.6 Å². The summed E-state index contributed by atoms with van der Waals surface area (Å²) in [6.45, 7) is 2.22. The second kappa shape index (κ2) is 6.05. The zero-order chi connectivity index (χ0) is 16.6. The first-order chi connectivity index (χ1) is 10.8. The lowest BCUT2D eigenvalue weighted by molar-refractivity contribution is 0.102. The summed E-state index contributed by atoms with van der Waals surface area (Å²) in [6, 6.07) is 6.04. The Hall–Kier alpha value is -1.73. The third-order valence-corrected chi connectivity index (χ3v) is 6.08. The Bertz CT molecular complexity index is 856. The third kappa shape index (κ3) is 3.61. The highest BCUT2D eigenvalue weighted by Crippen LogP contribution is 2.32. The first-order valence-electron chi connectivity index (χ1n) is 7.43. The van der Waals surface area contributed by atoms with E-state index in [9.17, 15) is 13.2 Å². The van der Waals surface area contributed by atoms with Gasteiger partial charge in [-0.1, -0.05) is 13.0 Å². The number of nitrogens with one attached hydrogen (secondary N) is 1. The maximum absolute atomic E-state index is 12.3. The molecule has 0 radical (unpaired) electrons. The smallest absolute Gasteiger partial charge is 0.257 e. The van der Waals surface area contributed by atoms with Crippen molar-refractivity contribution in [3.05, 3.63) is 40.4 Å². The molecular weight excluding hydrogens is 332 g/mol. The Labute approximate surface area is 139 Å². The standard InChI is InChI=1S/C16H18N2O3S2/c1-10-6-7-13-14(8-10)22-16(17-13)18-15(19)11-4-3-5-12(9-11)23(2,20)21/h3-5,9-10H,6-8H2,1-2H3,(H,17,18,19). The van der Waals surface area contributed by atoms with Crippen LogP contribution < -0.4 is 5.32 Å². The Morgan fingerprint density at radius 1 is 1.39 bits per heavy atom. The number of hydrogen-bond acceptors (Lipinski definition) is 5. The number of fused-ring (bicyclic) bond motifs is 1. The van der Waals surface area contributed by atoms with Crippen molar-refractivity contribution >= 4 is 32.2 Å². The van der Waals surface area contributed by atoms with Crippen molar-refractivity contribution in [1.29, 1.82) is 0 Å². The van der Waals surface area contributed by atoms with Crippen molar-refractivity contribution in [3.8, 4) is 0 Å². The normalized spacial score (nSPS) is 17.6. The molecule has 1 N–H and O–H groups in total. The van der Waals surface area contributed by atoms with E-state index in [0.717, 1.165) is 31.2 Å². The Kier molecular flexibility index (Phi) is 4.25. The van der Waals surface area contributed by atoms with Gasteiger partial charge in [0.25, 0.3) is 5.91 Å². The number of rotatable bonds is 3. The average molecular weight is 350 g/mol. The van der Waals surface area contributed by atoms with Gasteiger partial charge in [-0.15, -0.1) is 11.3 Å². The van der Waals surface area contributed by atoms with Gasteiger partial charge in [-0.2, -0.15) is 0 Å². The largest absolute Gasteiger partial charge is 0.298 e. The van der Waals surface area contributed by atoms with Crippen LogP contribution in [0.4, 0.5) is 5.13 Å². The molecule has 0 spiro atoms. The second-order valence-corrected chi connectivity index (χ2v) is 9.09. The van der Waals surface area contributed by atoms with E-state index < -0.39 is 9.84 Å². The molecule has 7 heteroatoms. The number of nitrogens with zero attached hydrogens (tertiary/aromatic N) is 1. The summed E-state index contributed by atoms with van der Waals surface area (Å²) >= 11 is 1.51. The van der Waals surface area contributed by atoms with Gasteiger partial charge in [0.2, 0.25) is 0 Å². The van der Waals surface area contributed by atoms with Gasteiger partial charge in [0.1, 0.15) is 0 Å². The molecular formula is C16H18N2O3S2. The lowest BCUT2D eigenvalue weighted by Gasteiger charge is -2.15. The summed E-state index contributed by atoms with van der Waals surface area (Å²) in [5.41, 5.74) is 1.39. The van der Waals surface area contributed by atoms with Crippen LogP contribution in [0.5, 0.6) is 0 Å². The predicted molar refractivity (Wildman–Crippen MR) is 90.8 cm³/mol. The van der Waals surface area contributed by atoms with Gasteiger partial charge in [-0.3, -0.25) is 10.1 Å². The van der Waals surface area contributed by atoms with Crippen LogP contribution in [-0.2, 0) is 22.7 Å². The molecule has 0 saturated heterocycles. The summed E-state index contributed by atoms with van der Waals surface area (Å²) in [5.74, 6) is 0.313. The SMILES string of the molecule is CC1CCc2nc(NC(=O)c3cccc(S(C)(=O)=O)c3)sc2C1. The maximum atomic E-state index is 12.3. The number of benzene rings is 1. The van der Waals surface area contributed by atoms with Crippen molar-refractivity contribution in [3.63, 3.8) is 0 Å². The van der Waals surface area contributed by atoms with Gasteiger partial charge in [0, 0.05) is 16.7 Å². The van der Waals surface area contributed by atoms with E-state index in [1.807, 2.05) is 0 Å². The average Bonchev–Trinajstić information content (AvgIpc) is 2.87. The van der Waals surface area contributed by atoms with E-state index in [1.54, 1.807) is 12.1 Å². The molecule has 0 aliphatic heterocycles. The van der Waals surface area contributed by atoms with Crippen LogP contribution in [0, 0.1) is 5.92 Å². The Balaban J connectivity index is 1.80. The number of aryl methyl sites for hydroxylation is 1. The molecule has 1 aliphatic carbocycles. The molecule has 1 aliphatic rings. The van der Waals surface area contributed by atoms with E-state index in [1.165, 1.54) is 28.3 Å². The molecule has 1 aromatic carbocycles. The zero-order valence-electron chi connectivity index (χ0n) is 13.0. The van der Waals surface area contributed by atoms with Crippen molar-refractivity contribution in [1.82, 2.24) is 4.98 Å². The van der Waals surface area contributed by atoms with Crippen LogP contribution in [0.15, 0.2) is 29.2 Å². The van der Waals surface area contributed by atoms with Crippen LogP contribution in [0.2, 0.25) is 0 Å².